The van der Waals surface area contributed by atoms with Crippen LogP contribution in [0.1, 0.15) is 44.8 Å². The van der Waals surface area contributed by atoms with Gasteiger partial charge in [0.1, 0.15) is 5.75 Å². The Balaban J connectivity index is 1.62. The molecule has 3 heteroatoms. The van der Waals surface area contributed by atoms with E-state index in [0.717, 1.165) is 23.1 Å². The van der Waals surface area contributed by atoms with Gasteiger partial charge in [0.2, 0.25) is 0 Å². The molecule has 21 heavy (non-hydrogen) atoms. The van der Waals surface area contributed by atoms with Gasteiger partial charge in [-0.1, -0.05) is 38.5 Å². The minimum absolute atomic E-state index is 0.363. The van der Waals surface area contributed by atoms with Crippen molar-refractivity contribution in [1.29, 1.82) is 0 Å². The van der Waals surface area contributed by atoms with Crippen molar-refractivity contribution in [2.45, 2.75) is 45.3 Å². The van der Waals surface area contributed by atoms with Crippen LogP contribution in [0.5, 0.6) is 5.75 Å². The van der Waals surface area contributed by atoms with Gasteiger partial charge in [0.25, 0.3) is 0 Å². The molecule has 0 saturated heterocycles. The van der Waals surface area contributed by atoms with Gasteiger partial charge in [-0.05, 0) is 36.2 Å². The van der Waals surface area contributed by atoms with E-state index >= 15 is 0 Å². The summed E-state index contributed by atoms with van der Waals surface area (Å²) in [6.45, 7) is 5.33. The number of para-hydroxylation sites is 1. The van der Waals surface area contributed by atoms with E-state index in [1.807, 2.05) is 24.3 Å². The van der Waals surface area contributed by atoms with Crippen LogP contribution in [0.3, 0.4) is 0 Å². The van der Waals surface area contributed by atoms with Crippen molar-refractivity contribution in [3.63, 3.8) is 0 Å². The van der Waals surface area contributed by atoms with Crippen molar-refractivity contribution in [3.05, 3.63) is 29.8 Å². The second-order valence-electron chi connectivity index (χ2n) is 7.17. The molecule has 0 bridgehead atoms. The van der Waals surface area contributed by atoms with E-state index in [2.05, 4.69) is 19.2 Å². The number of methoxy groups -OCH3 is 1. The average Bonchev–Trinajstić information content (AvgIpc) is 2.93. The zero-order chi connectivity index (χ0) is 15.0. The maximum atomic E-state index is 10.5. The van der Waals surface area contributed by atoms with Gasteiger partial charge in [-0.2, -0.15) is 0 Å². The molecule has 3 nitrogen and oxygen atoms in total. The predicted octanol–water partition coefficient (Wildman–Crippen LogP) is 3.14. The van der Waals surface area contributed by atoms with Gasteiger partial charge in [-0.25, -0.2) is 0 Å². The molecule has 2 fully saturated rings. The summed E-state index contributed by atoms with van der Waals surface area (Å²) >= 11 is 0. The summed E-state index contributed by atoms with van der Waals surface area (Å²) in [7, 11) is 1.65. The number of hydrogen-bond acceptors (Lipinski definition) is 3. The lowest BCUT2D eigenvalue weighted by Gasteiger charge is -2.56. The number of fused-ring (bicyclic) bond motifs is 1. The van der Waals surface area contributed by atoms with Crippen LogP contribution in [-0.2, 0) is 0 Å². The molecule has 1 aromatic carbocycles. The Hall–Kier alpha value is -1.06. The average molecular weight is 289 g/mol. The first-order valence-corrected chi connectivity index (χ1v) is 8.10. The van der Waals surface area contributed by atoms with Gasteiger partial charge in [0.15, 0.2) is 0 Å². The first kappa shape index (κ1) is 14.9. The second-order valence-corrected chi connectivity index (χ2v) is 7.17. The van der Waals surface area contributed by atoms with E-state index in [9.17, 15) is 5.11 Å². The number of aliphatic hydroxyl groups excluding tert-OH is 1. The molecule has 0 amide bonds. The summed E-state index contributed by atoms with van der Waals surface area (Å²) in [5.41, 5.74) is 1.23. The Morgan fingerprint density at radius 3 is 2.86 bits per heavy atom. The molecule has 0 spiro atoms. The minimum Gasteiger partial charge on any atom is -0.496 e. The van der Waals surface area contributed by atoms with Crippen LogP contribution in [-0.4, -0.2) is 24.8 Å². The molecule has 0 heterocycles. The minimum atomic E-state index is -0.516. The SMILES string of the molecule is COc1ccccc1[C@H](O)CNC1[C@@H]2CCC[C@@H]2C1(C)C. The van der Waals surface area contributed by atoms with E-state index in [1.54, 1.807) is 7.11 Å². The molecule has 0 aliphatic heterocycles. The lowest BCUT2D eigenvalue weighted by atomic mass is 9.53. The van der Waals surface area contributed by atoms with Gasteiger partial charge in [-0.3, -0.25) is 0 Å². The smallest absolute Gasteiger partial charge is 0.124 e. The molecule has 0 aromatic heterocycles. The standard InChI is InChI=1S/C18H27NO2/c1-18(2)14-9-6-8-12(14)17(18)19-11-15(20)13-7-4-5-10-16(13)21-3/h4-5,7,10,12,14-15,17,19-20H,6,8-9,11H2,1-3H3/t12-,14+,15-,17?/m1/s1. The third kappa shape index (κ3) is 2.47. The van der Waals surface area contributed by atoms with Crippen LogP contribution in [0.2, 0.25) is 0 Å². The Kier molecular flexibility index (Phi) is 3.98. The highest BCUT2D eigenvalue weighted by Gasteiger charge is 2.57. The van der Waals surface area contributed by atoms with E-state index in [1.165, 1.54) is 19.3 Å². The second kappa shape index (κ2) is 5.62. The van der Waals surface area contributed by atoms with E-state index in [4.69, 9.17) is 4.74 Å². The summed E-state index contributed by atoms with van der Waals surface area (Å²) in [6, 6.07) is 8.26. The summed E-state index contributed by atoms with van der Waals surface area (Å²) in [4.78, 5) is 0. The lowest BCUT2D eigenvalue weighted by molar-refractivity contribution is -0.0452. The quantitative estimate of drug-likeness (QED) is 0.875. The number of benzene rings is 1. The third-order valence-corrected chi connectivity index (χ3v) is 5.78. The van der Waals surface area contributed by atoms with Crippen LogP contribution in [0, 0.1) is 17.3 Å². The number of rotatable bonds is 5. The molecule has 1 unspecified atom stereocenters. The number of hydrogen-bond donors (Lipinski definition) is 2. The molecule has 0 radical (unpaired) electrons. The fraction of sp³-hybridized carbons (Fsp3) is 0.667. The van der Waals surface area contributed by atoms with E-state index in [0.29, 0.717) is 18.0 Å². The highest BCUT2D eigenvalue weighted by Crippen LogP contribution is 2.58. The molecule has 1 aromatic rings. The maximum Gasteiger partial charge on any atom is 0.124 e. The fourth-order valence-electron chi connectivity index (χ4n) is 4.68. The molecule has 2 saturated carbocycles. The first-order valence-electron chi connectivity index (χ1n) is 8.10. The molecule has 2 aliphatic rings. The summed E-state index contributed by atoms with van der Waals surface area (Å²) in [6.07, 6.45) is 3.57. The van der Waals surface area contributed by atoms with Crippen LogP contribution in [0.4, 0.5) is 0 Å². The monoisotopic (exact) mass is 289 g/mol. The topological polar surface area (TPSA) is 41.5 Å². The number of aliphatic hydroxyl groups is 1. The summed E-state index contributed by atoms with van der Waals surface area (Å²) in [5.74, 6) is 2.45. The summed E-state index contributed by atoms with van der Waals surface area (Å²) < 4.78 is 5.34. The first-order chi connectivity index (χ1) is 10.1. The lowest BCUT2D eigenvalue weighted by Crippen LogP contribution is -2.62. The maximum absolute atomic E-state index is 10.5. The van der Waals surface area contributed by atoms with Gasteiger partial charge < -0.3 is 15.2 Å². The number of ether oxygens (including phenoxy) is 1. The van der Waals surface area contributed by atoms with Crippen LogP contribution >= 0.6 is 0 Å². The highest BCUT2D eigenvalue weighted by molar-refractivity contribution is 5.35. The van der Waals surface area contributed by atoms with Crippen LogP contribution < -0.4 is 10.1 Å². The zero-order valence-electron chi connectivity index (χ0n) is 13.3. The fourth-order valence-corrected chi connectivity index (χ4v) is 4.68. The molecule has 2 aliphatic carbocycles. The Morgan fingerprint density at radius 1 is 1.33 bits per heavy atom. The van der Waals surface area contributed by atoms with Crippen molar-refractivity contribution in [1.82, 2.24) is 5.32 Å². The van der Waals surface area contributed by atoms with Gasteiger partial charge >= 0.3 is 0 Å². The Labute approximate surface area is 127 Å². The van der Waals surface area contributed by atoms with Crippen molar-refractivity contribution >= 4 is 0 Å². The summed E-state index contributed by atoms with van der Waals surface area (Å²) in [5, 5.41) is 14.1. The van der Waals surface area contributed by atoms with Gasteiger partial charge in [0.05, 0.1) is 13.2 Å². The van der Waals surface area contributed by atoms with Gasteiger partial charge in [-0.15, -0.1) is 0 Å². The van der Waals surface area contributed by atoms with Gasteiger partial charge in [0, 0.05) is 18.2 Å². The van der Waals surface area contributed by atoms with Crippen molar-refractivity contribution in [2.24, 2.45) is 17.3 Å². The zero-order valence-corrected chi connectivity index (χ0v) is 13.3. The molecule has 3 rings (SSSR count). The normalized spacial score (nSPS) is 31.3. The van der Waals surface area contributed by atoms with Crippen molar-refractivity contribution < 1.29 is 9.84 Å². The molecular weight excluding hydrogens is 262 g/mol. The van der Waals surface area contributed by atoms with Crippen molar-refractivity contribution in [3.8, 4) is 5.75 Å². The Morgan fingerprint density at radius 2 is 2.10 bits per heavy atom. The largest absolute Gasteiger partial charge is 0.496 e. The van der Waals surface area contributed by atoms with Crippen LogP contribution in [0.25, 0.3) is 0 Å². The molecule has 4 atom stereocenters. The third-order valence-electron chi connectivity index (χ3n) is 5.78. The molecular formula is C18H27NO2. The molecule has 116 valence electrons. The van der Waals surface area contributed by atoms with Crippen LogP contribution in [0.15, 0.2) is 24.3 Å². The highest BCUT2D eigenvalue weighted by atomic mass is 16.5. The van der Waals surface area contributed by atoms with E-state index < -0.39 is 6.10 Å². The van der Waals surface area contributed by atoms with Crippen molar-refractivity contribution in [2.75, 3.05) is 13.7 Å². The number of nitrogens with one attached hydrogen (secondary N) is 1. The molecule has 2 N–H and O–H groups in total. The predicted molar refractivity (Wildman–Crippen MR) is 84.4 cm³/mol. The Bertz CT molecular complexity index is 500. The van der Waals surface area contributed by atoms with E-state index in [-0.39, 0.29) is 0 Å².